The number of benzene rings is 1. The van der Waals surface area contributed by atoms with E-state index in [1.165, 1.54) is 5.56 Å². The average Bonchev–Trinajstić information content (AvgIpc) is 2.80. The zero-order valence-corrected chi connectivity index (χ0v) is 12.8. The molecule has 6 nitrogen and oxygen atoms in total. The van der Waals surface area contributed by atoms with Gasteiger partial charge in [-0.25, -0.2) is 0 Å². The third-order valence-electron chi connectivity index (χ3n) is 3.61. The smallest absolute Gasteiger partial charge is 0.175 e. The fraction of sp³-hybridized carbons (Fsp3) is 0.333. The summed E-state index contributed by atoms with van der Waals surface area (Å²) in [6, 6.07) is 8.30. The minimum atomic E-state index is 0.0626. The fourth-order valence-electron chi connectivity index (χ4n) is 2.46. The van der Waals surface area contributed by atoms with Crippen molar-refractivity contribution in [2.75, 3.05) is 11.9 Å². The summed E-state index contributed by atoms with van der Waals surface area (Å²) in [5.74, 6) is 0.847. The fourth-order valence-corrected chi connectivity index (χ4v) is 2.46. The van der Waals surface area contributed by atoms with E-state index in [0.29, 0.717) is 5.56 Å². The number of nitrogens with zero attached hydrogens (tertiary/aromatic N) is 4. The molecule has 2 aromatic rings. The Morgan fingerprint density at radius 2 is 2.00 bits per heavy atom. The summed E-state index contributed by atoms with van der Waals surface area (Å²) in [6.07, 6.45) is 1.00. The summed E-state index contributed by atoms with van der Waals surface area (Å²) in [5, 5.41) is 16.4. The Morgan fingerprint density at radius 1 is 1.38 bits per heavy atom. The Hall–Kier alpha value is -2.50. The summed E-state index contributed by atoms with van der Waals surface area (Å²) in [6.45, 7) is 3.96. The van der Waals surface area contributed by atoms with Gasteiger partial charge in [0.05, 0.1) is 11.3 Å². The van der Waals surface area contributed by atoms with Crippen molar-refractivity contribution in [3.05, 3.63) is 41.1 Å². The van der Waals surface area contributed by atoms with Gasteiger partial charge in [-0.2, -0.15) is 5.10 Å². The van der Waals surface area contributed by atoms with E-state index in [1.807, 2.05) is 25.9 Å². The van der Waals surface area contributed by atoms with E-state index in [0.717, 1.165) is 23.6 Å². The molecule has 21 heavy (non-hydrogen) atoms. The average molecular weight is 287 g/mol. The summed E-state index contributed by atoms with van der Waals surface area (Å²) in [5.41, 5.74) is 9.45. The van der Waals surface area contributed by atoms with Crippen LogP contribution in [0.1, 0.15) is 23.7 Å². The van der Waals surface area contributed by atoms with E-state index in [2.05, 4.69) is 41.4 Å². The highest BCUT2D eigenvalue weighted by molar-refractivity contribution is 6.03. The van der Waals surface area contributed by atoms with Crippen molar-refractivity contribution < 1.29 is 5.21 Å². The zero-order chi connectivity index (χ0) is 15.6. The molecule has 112 valence electrons. The number of nitrogens with two attached hydrogens (primary N) is 1. The second-order valence-electron chi connectivity index (χ2n) is 4.97. The molecule has 1 heterocycles. The van der Waals surface area contributed by atoms with Crippen LogP contribution in [0.25, 0.3) is 0 Å². The van der Waals surface area contributed by atoms with Crippen LogP contribution in [0.5, 0.6) is 0 Å². The van der Waals surface area contributed by atoms with Crippen molar-refractivity contribution in [1.82, 2.24) is 9.78 Å². The van der Waals surface area contributed by atoms with Gasteiger partial charge >= 0.3 is 0 Å². The van der Waals surface area contributed by atoms with E-state index in [4.69, 9.17) is 10.9 Å². The van der Waals surface area contributed by atoms with Gasteiger partial charge in [0.1, 0.15) is 5.82 Å². The van der Waals surface area contributed by atoms with Crippen LogP contribution in [0.4, 0.5) is 11.5 Å². The lowest BCUT2D eigenvalue weighted by molar-refractivity contribution is 0.318. The standard InChI is InChI=1S/C15H21N5O/c1-5-11-6-8-12(9-7-11)19(3)15-13(14(16)18-21)10(2)17-20(15)4/h6-9,21H,5H2,1-4H3,(H2,16,18). The number of oxime groups is 1. The van der Waals surface area contributed by atoms with Crippen LogP contribution in [0.2, 0.25) is 0 Å². The summed E-state index contributed by atoms with van der Waals surface area (Å²) >= 11 is 0. The van der Waals surface area contributed by atoms with E-state index in [1.54, 1.807) is 4.68 Å². The molecule has 0 aliphatic heterocycles. The first-order valence-electron chi connectivity index (χ1n) is 6.83. The van der Waals surface area contributed by atoms with Crippen LogP contribution in [0.3, 0.4) is 0 Å². The first-order chi connectivity index (χ1) is 9.99. The second kappa shape index (κ2) is 5.87. The molecule has 6 heteroatoms. The lowest BCUT2D eigenvalue weighted by atomic mass is 10.1. The van der Waals surface area contributed by atoms with Crippen molar-refractivity contribution in [2.24, 2.45) is 17.9 Å². The highest BCUT2D eigenvalue weighted by atomic mass is 16.4. The van der Waals surface area contributed by atoms with Crippen LogP contribution >= 0.6 is 0 Å². The molecule has 0 amide bonds. The topological polar surface area (TPSA) is 79.7 Å². The Kier molecular flexibility index (Phi) is 4.16. The molecule has 0 radical (unpaired) electrons. The van der Waals surface area contributed by atoms with E-state index >= 15 is 0 Å². The van der Waals surface area contributed by atoms with Gasteiger partial charge in [0.25, 0.3) is 0 Å². The van der Waals surface area contributed by atoms with E-state index < -0.39 is 0 Å². The number of amidine groups is 1. The number of aromatic nitrogens is 2. The first kappa shape index (κ1) is 14.9. The molecule has 0 spiro atoms. The molecular formula is C15H21N5O. The Labute approximate surface area is 124 Å². The highest BCUT2D eigenvalue weighted by Crippen LogP contribution is 2.28. The predicted molar refractivity (Wildman–Crippen MR) is 84.3 cm³/mol. The predicted octanol–water partition coefficient (Wildman–Crippen LogP) is 2.15. The normalized spacial score (nSPS) is 11.7. The number of anilines is 2. The summed E-state index contributed by atoms with van der Waals surface area (Å²) in [7, 11) is 3.78. The van der Waals surface area contributed by atoms with Gasteiger partial charge in [0.15, 0.2) is 5.84 Å². The van der Waals surface area contributed by atoms with Gasteiger partial charge in [-0.15, -0.1) is 0 Å². The molecule has 3 N–H and O–H groups in total. The monoisotopic (exact) mass is 287 g/mol. The number of rotatable bonds is 4. The van der Waals surface area contributed by atoms with Crippen molar-refractivity contribution in [2.45, 2.75) is 20.3 Å². The molecule has 0 bridgehead atoms. The lowest BCUT2D eigenvalue weighted by Gasteiger charge is -2.21. The van der Waals surface area contributed by atoms with Crippen molar-refractivity contribution in [1.29, 1.82) is 0 Å². The maximum Gasteiger partial charge on any atom is 0.175 e. The highest BCUT2D eigenvalue weighted by Gasteiger charge is 2.21. The Bertz CT molecular complexity index is 657. The second-order valence-corrected chi connectivity index (χ2v) is 4.97. The van der Waals surface area contributed by atoms with Crippen molar-refractivity contribution >= 4 is 17.3 Å². The molecule has 0 aliphatic carbocycles. The minimum Gasteiger partial charge on any atom is -0.409 e. The number of hydrogen-bond acceptors (Lipinski definition) is 4. The third-order valence-corrected chi connectivity index (χ3v) is 3.61. The Balaban J connectivity index is 2.49. The minimum absolute atomic E-state index is 0.0626. The number of hydrogen-bond donors (Lipinski definition) is 2. The zero-order valence-electron chi connectivity index (χ0n) is 12.8. The first-order valence-corrected chi connectivity index (χ1v) is 6.83. The van der Waals surface area contributed by atoms with Gasteiger partial charge in [-0.05, 0) is 31.0 Å². The SMILES string of the molecule is CCc1ccc(N(C)c2c(C(N)=NO)c(C)nn2C)cc1. The van der Waals surface area contributed by atoms with Crippen molar-refractivity contribution in [3.63, 3.8) is 0 Å². The van der Waals surface area contributed by atoms with Crippen LogP contribution in [0.15, 0.2) is 29.4 Å². The lowest BCUT2D eigenvalue weighted by Crippen LogP contribution is -2.21. The van der Waals surface area contributed by atoms with Gasteiger partial charge in [0.2, 0.25) is 0 Å². The molecule has 0 fully saturated rings. The largest absolute Gasteiger partial charge is 0.409 e. The molecule has 0 saturated carbocycles. The molecule has 1 aromatic carbocycles. The van der Waals surface area contributed by atoms with Crippen LogP contribution in [0, 0.1) is 6.92 Å². The number of aryl methyl sites for hydroxylation is 3. The van der Waals surface area contributed by atoms with Crippen LogP contribution in [-0.2, 0) is 13.5 Å². The van der Waals surface area contributed by atoms with Crippen molar-refractivity contribution in [3.8, 4) is 0 Å². The molecule has 0 unspecified atom stereocenters. The summed E-state index contributed by atoms with van der Waals surface area (Å²) < 4.78 is 1.73. The molecule has 0 atom stereocenters. The Morgan fingerprint density at radius 3 is 2.52 bits per heavy atom. The maximum atomic E-state index is 8.97. The molecule has 0 saturated heterocycles. The molecular weight excluding hydrogens is 266 g/mol. The third kappa shape index (κ3) is 2.69. The summed E-state index contributed by atoms with van der Waals surface area (Å²) in [4.78, 5) is 1.98. The molecule has 0 aliphatic rings. The van der Waals surface area contributed by atoms with Gasteiger partial charge in [0, 0.05) is 19.8 Å². The van der Waals surface area contributed by atoms with Gasteiger partial charge in [-0.3, -0.25) is 4.68 Å². The van der Waals surface area contributed by atoms with Gasteiger partial charge < -0.3 is 15.8 Å². The quantitative estimate of drug-likeness (QED) is 0.391. The van der Waals surface area contributed by atoms with Crippen LogP contribution in [-0.4, -0.2) is 27.9 Å². The molecule has 1 aromatic heterocycles. The van der Waals surface area contributed by atoms with Crippen LogP contribution < -0.4 is 10.6 Å². The van der Waals surface area contributed by atoms with E-state index in [-0.39, 0.29) is 5.84 Å². The van der Waals surface area contributed by atoms with E-state index in [9.17, 15) is 0 Å². The van der Waals surface area contributed by atoms with Gasteiger partial charge in [-0.1, -0.05) is 24.2 Å². The molecule has 2 rings (SSSR count). The maximum absolute atomic E-state index is 8.97.